The van der Waals surface area contributed by atoms with Crippen LogP contribution < -0.4 is 15.4 Å². The number of imide groups is 1. The Labute approximate surface area is 223 Å². The summed E-state index contributed by atoms with van der Waals surface area (Å²) in [6.45, 7) is 1.47. The summed E-state index contributed by atoms with van der Waals surface area (Å²) in [7, 11) is 1.74. The molecule has 3 aliphatic rings. The van der Waals surface area contributed by atoms with Crippen LogP contribution in [0, 0.1) is 5.92 Å². The number of rotatable bonds is 15. The Morgan fingerprint density at radius 3 is 2.82 bits per heavy atom. The number of piperidine rings is 1. The van der Waals surface area contributed by atoms with Crippen LogP contribution >= 0.6 is 0 Å². The number of methoxy groups -OCH3 is 1. The average Bonchev–Trinajstić information content (AvgIpc) is 3.56. The van der Waals surface area contributed by atoms with E-state index in [1.165, 1.54) is 4.90 Å². The molecule has 1 aromatic rings. The maximum absolute atomic E-state index is 12.9. The molecule has 1 saturated heterocycles. The summed E-state index contributed by atoms with van der Waals surface area (Å²) in [5, 5.41) is 5.18. The van der Waals surface area contributed by atoms with E-state index in [1.807, 2.05) is 0 Å². The van der Waals surface area contributed by atoms with Crippen LogP contribution in [-0.4, -0.2) is 73.7 Å². The molecule has 1 saturated carbocycles. The molecule has 0 aromatic heterocycles. The van der Waals surface area contributed by atoms with E-state index in [0.29, 0.717) is 41.8 Å². The van der Waals surface area contributed by atoms with Gasteiger partial charge in [0.2, 0.25) is 11.8 Å². The molecule has 0 bridgehead atoms. The molecule has 1 aromatic carbocycles. The van der Waals surface area contributed by atoms with Gasteiger partial charge in [-0.05, 0) is 50.5 Å². The van der Waals surface area contributed by atoms with Crippen LogP contribution in [0.5, 0.6) is 5.75 Å². The summed E-state index contributed by atoms with van der Waals surface area (Å²) in [6.07, 6.45) is 10.1. The lowest BCUT2D eigenvalue weighted by Gasteiger charge is -2.29. The van der Waals surface area contributed by atoms with Gasteiger partial charge in [0.25, 0.3) is 11.8 Å². The fourth-order valence-electron chi connectivity index (χ4n) is 5.02. The van der Waals surface area contributed by atoms with Crippen molar-refractivity contribution in [3.05, 3.63) is 29.3 Å². The van der Waals surface area contributed by atoms with E-state index in [-0.39, 0.29) is 37.3 Å². The zero-order chi connectivity index (χ0) is 26.9. The number of carbonyl (C=O) groups is 4. The molecule has 2 heterocycles. The minimum Gasteiger partial charge on any atom is -0.483 e. The molecule has 10 nitrogen and oxygen atoms in total. The molecular formula is C28H38N4O6. The van der Waals surface area contributed by atoms with Gasteiger partial charge in [-0.1, -0.05) is 25.3 Å². The third-order valence-corrected chi connectivity index (χ3v) is 7.29. The lowest BCUT2D eigenvalue weighted by Crippen LogP contribution is -2.52. The smallest absolute Gasteiger partial charge is 0.257 e. The first kappa shape index (κ1) is 27.8. The summed E-state index contributed by atoms with van der Waals surface area (Å²) in [4.78, 5) is 54.9. The average molecular weight is 527 g/mol. The quantitative estimate of drug-likeness (QED) is 0.205. The fraction of sp³-hybridized carbons (Fsp3) is 0.607. The number of hydrogen-bond donors (Lipinski definition) is 2. The van der Waals surface area contributed by atoms with Gasteiger partial charge >= 0.3 is 0 Å². The van der Waals surface area contributed by atoms with Crippen LogP contribution in [0.3, 0.4) is 0 Å². The van der Waals surface area contributed by atoms with Crippen molar-refractivity contribution in [1.29, 1.82) is 0 Å². The number of fused-ring (bicyclic) bond motifs is 1. The normalized spacial score (nSPS) is 22.5. The van der Waals surface area contributed by atoms with Crippen molar-refractivity contribution >= 4 is 29.8 Å². The SMILES string of the molecule is COCC1CC1N=CCCCCCCCNC(=O)COc1cccc2c1CN(C1CCC(=O)NC1=O)C2=O. The van der Waals surface area contributed by atoms with E-state index >= 15 is 0 Å². The zero-order valence-electron chi connectivity index (χ0n) is 22.1. The fourth-order valence-corrected chi connectivity index (χ4v) is 5.02. The van der Waals surface area contributed by atoms with Crippen LogP contribution in [0.4, 0.5) is 0 Å². The maximum atomic E-state index is 12.9. The predicted molar refractivity (Wildman–Crippen MR) is 141 cm³/mol. The van der Waals surface area contributed by atoms with Crippen molar-refractivity contribution in [2.45, 2.75) is 76.4 Å². The first-order valence-corrected chi connectivity index (χ1v) is 13.6. The minimum absolute atomic E-state index is 0.144. The molecule has 0 radical (unpaired) electrons. The number of amides is 4. The largest absolute Gasteiger partial charge is 0.483 e. The van der Waals surface area contributed by atoms with E-state index in [1.54, 1.807) is 25.3 Å². The number of hydrogen-bond acceptors (Lipinski definition) is 7. The summed E-state index contributed by atoms with van der Waals surface area (Å²) in [5.41, 5.74) is 1.12. The Morgan fingerprint density at radius 2 is 2.00 bits per heavy atom. The third-order valence-electron chi connectivity index (χ3n) is 7.29. The molecule has 2 fully saturated rings. The van der Waals surface area contributed by atoms with Gasteiger partial charge in [-0.2, -0.15) is 0 Å². The second-order valence-electron chi connectivity index (χ2n) is 10.2. The number of ether oxygens (including phenoxy) is 2. The Balaban J connectivity index is 1.09. The lowest BCUT2D eigenvalue weighted by molar-refractivity contribution is -0.137. The number of benzene rings is 1. The minimum atomic E-state index is -0.687. The summed E-state index contributed by atoms with van der Waals surface area (Å²) in [5.74, 6) is -0.183. The number of carbonyl (C=O) groups excluding carboxylic acids is 4. The lowest BCUT2D eigenvalue weighted by atomic mass is 10.0. The van der Waals surface area contributed by atoms with Crippen LogP contribution in [0.25, 0.3) is 0 Å². The number of aliphatic imine (C=N–C) groups is 1. The van der Waals surface area contributed by atoms with Crippen molar-refractivity contribution in [3.8, 4) is 5.75 Å². The van der Waals surface area contributed by atoms with Gasteiger partial charge in [0.1, 0.15) is 11.8 Å². The predicted octanol–water partition coefficient (Wildman–Crippen LogP) is 2.39. The van der Waals surface area contributed by atoms with Crippen molar-refractivity contribution < 1.29 is 28.7 Å². The highest BCUT2D eigenvalue weighted by Crippen LogP contribution is 2.34. The maximum Gasteiger partial charge on any atom is 0.257 e. The second-order valence-corrected chi connectivity index (χ2v) is 10.2. The first-order chi connectivity index (χ1) is 18.5. The number of nitrogens with one attached hydrogen (secondary N) is 2. The van der Waals surface area contributed by atoms with Gasteiger partial charge < -0.3 is 19.7 Å². The van der Waals surface area contributed by atoms with E-state index < -0.39 is 11.9 Å². The molecule has 3 unspecified atom stereocenters. The van der Waals surface area contributed by atoms with E-state index in [9.17, 15) is 19.2 Å². The molecule has 0 spiro atoms. The van der Waals surface area contributed by atoms with E-state index in [4.69, 9.17) is 9.47 Å². The summed E-state index contributed by atoms with van der Waals surface area (Å²) >= 11 is 0. The summed E-state index contributed by atoms with van der Waals surface area (Å²) in [6, 6.07) is 4.90. The van der Waals surface area contributed by atoms with Crippen molar-refractivity contribution in [1.82, 2.24) is 15.5 Å². The Morgan fingerprint density at radius 1 is 1.18 bits per heavy atom. The van der Waals surface area contributed by atoms with Gasteiger partial charge in [0, 0.05) is 37.1 Å². The van der Waals surface area contributed by atoms with Crippen LogP contribution in [-0.2, 0) is 25.7 Å². The van der Waals surface area contributed by atoms with Crippen molar-refractivity contribution in [3.63, 3.8) is 0 Å². The molecule has 2 aliphatic heterocycles. The van der Waals surface area contributed by atoms with E-state index in [0.717, 1.165) is 51.6 Å². The molecule has 2 N–H and O–H groups in total. The molecule has 38 heavy (non-hydrogen) atoms. The highest BCUT2D eigenvalue weighted by Gasteiger charge is 2.40. The van der Waals surface area contributed by atoms with Crippen molar-refractivity contribution in [2.75, 3.05) is 26.9 Å². The first-order valence-electron chi connectivity index (χ1n) is 13.6. The monoisotopic (exact) mass is 526 g/mol. The zero-order valence-corrected chi connectivity index (χ0v) is 22.1. The van der Waals surface area contributed by atoms with E-state index in [2.05, 4.69) is 21.8 Å². The van der Waals surface area contributed by atoms with Gasteiger partial charge in [0.05, 0.1) is 19.2 Å². The highest BCUT2D eigenvalue weighted by atomic mass is 16.5. The number of unbranched alkanes of at least 4 members (excludes halogenated alkanes) is 5. The molecule has 10 heteroatoms. The van der Waals surface area contributed by atoms with Gasteiger partial charge in [-0.3, -0.25) is 29.5 Å². The second kappa shape index (κ2) is 13.5. The Kier molecular flexibility index (Phi) is 9.86. The van der Waals surface area contributed by atoms with Crippen LogP contribution in [0.1, 0.15) is 73.7 Å². The summed E-state index contributed by atoms with van der Waals surface area (Å²) < 4.78 is 10.9. The molecule has 1 aliphatic carbocycles. The van der Waals surface area contributed by atoms with Crippen molar-refractivity contribution in [2.24, 2.45) is 10.9 Å². The molecule has 4 rings (SSSR count). The highest BCUT2D eigenvalue weighted by molar-refractivity contribution is 6.05. The number of nitrogens with zero attached hydrogens (tertiary/aromatic N) is 2. The van der Waals surface area contributed by atoms with Crippen LogP contribution in [0.15, 0.2) is 23.2 Å². The molecule has 206 valence electrons. The molecular weight excluding hydrogens is 488 g/mol. The standard InChI is InChI=1S/C28H38N4O6/c1-37-17-19-15-22(19)29-13-6-4-2-3-5-7-14-30-26(34)18-38-24-10-8-9-20-21(24)16-32(28(20)36)23-11-12-25(33)31-27(23)35/h8-10,13,19,22-23H,2-7,11-12,14-18H2,1H3,(H,30,34)(H,31,33,35). The topological polar surface area (TPSA) is 126 Å². The molecule has 4 amide bonds. The third kappa shape index (κ3) is 7.40. The van der Waals surface area contributed by atoms with Gasteiger partial charge in [0.15, 0.2) is 6.61 Å². The Hall–Kier alpha value is -3.27. The van der Waals surface area contributed by atoms with Gasteiger partial charge in [-0.25, -0.2) is 0 Å². The van der Waals surface area contributed by atoms with Crippen LogP contribution in [0.2, 0.25) is 0 Å². The Bertz CT molecular complexity index is 1060. The van der Waals surface area contributed by atoms with Gasteiger partial charge in [-0.15, -0.1) is 0 Å². The molecule has 3 atom stereocenters.